The van der Waals surface area contributed by atoms with Gasteiger partial charge in [0.15, 0.2) is 6.61 Å². The zero-order chi connectivity index (χ0) is 15.0. The van der Waals surface area contributed by atoms with E-state index in [-0.39, 0.29) is 23.1 Å². The fraction of sp³-hybridized carbons (Fsp3) is 0.385. The minimum atomic E-state index is -0.626. The number of anilines is 1. The molecular weight excluding hydrogens is 284 g/mol. The molecule has 0 radical (unpaired) electrons. The van der Waals surface area contributed by atoms with E-state index in [2.05, 4.69) is 5.32 Å². The number of ether oxygens (including phenoxy) is 2. The van der Waals surface area contributed by atoms with Crippen molar-refractivity contribution in [2.24, 2.45) is 0 Å². The molecule has 1 amide bonds. The van der Waals surface area contributed by atoms with Crippen LogP contribution in [0.5, 0.6) is 0 Å². The molecule has 0 aliphatic rings. The molecule has 0 aliphatic heterocycles. The lowest BCUT2D eigenvalue weighted by Gasteiger charge is -2.07. The van der Waals surface area contributed by atoms with Crippen LogP contribution in [0.4, 0.5) is 5.69 Å². The van der Waals surface area contributed by atoms with Gasteiger partial charge in [0.2, 0.25) is 0 Å². The summed E-state index contributed by atoms with van der Waals surface area (Å²) in [7, 11) is 1.58. The first kappa shape index (κ1) is 16.3. The molecule has 0 heterocycles. The number of hydrogen-bond donors (Lipinski definition) is 2. The highest BCUT2D eigenvalue weighted by molar-refractivity contribution is 6.33. The van der Waals surface area contributed by atoms with Gasteiger partial charge in [0.05, 0.1) is 16.3 Å². The third-order valence-electron chi connectivity index (χ3n) is 2.42. The molecule has 1 rings (SSSR count). The molecule has 7 heteroatoms. The molecule has 6 nitrogen and oxygen atoms in total. The van der Waals surface area contributed by atoms with Gasteiger partial charge in [-0.1, -0.05) is 11.6 Å². The topological polar surface area (TPSA) is 90.6 Å². The summed E-state index contributed by atoms with van der Waals surface area (Å²) >= 11 is 5.79. The van der Waals surface area contributed by atoms with E-state index in [9.17, 15) is 9.59 Å². The van der Waals surface area contributed by atoms with Crippen molar-refractivity contribution in [2.75, 3.05) is 32.6 Å². The van der Waals surface area contributed by atoms with Gasteiger partial charge < -0.3 is 20.5 Å². The van der Waals surface area contributed by atoms with Crippen molar-refractivity contribution in [1.29, 1.82) is 0 Å². The van der Waals surface area contributed by atoms with Gasteiger partial charge in [0.1, 0.15) is 0 Å². The molecule has 3 N–H and O–H groups in total. The van der Waals surface area contributed by atoms with Gasteiger partial charge in [-0.3, -0.25) is 4.79 Å². The summed E-state index contributed by atoms with van der Waals surface area (Å²) in [6.07, 6.45) is 0.698. The monoisotopic (exact) mass is 300 g/mol. The average Bonchev–Trinajstić information content (AvgIpc) is 2.44. The van der Waals surface area contributed by atoms with E-state index in [1.807, 2.05) is 0 Å². The number of nitrogens with two attached hydrogens (primary N) is 1. The van der Waals surface area contributed by atoms with Crippen LogP contribution in [0.2, 0.25) is 5.02 Å². The van der Waals surface area contributed by atoms with Crippen LogP contribution in [0, 0.1) is 0 Å². The highest BCUT2D eigenvalue weighted by atomic mass is 35.5. The summed E-state index contributed by atoms with van der Waals surface area (Å²) in [6.45, 7) is 0.690. The minimum absolute atomic E-state index is 0.247. The lowest BCUT2D eigenvalue weighted by molar-refractivity contribution is -0.124. The number of carbonyl (C=O) groups is 2. The smallest absolute Gasteiger partial charge is 0.338 e. The standard InChI is InChI=1S/C13H17ClN2O4/c1-19-6-2-5-16-12(17)8-20-13(18)9-3-4-11(15)10(14)7-9/h3-4,7H,2,5-6,8,15H2,1H3,(H,16,17). The number of benzene rings is 1. The highest BCUT2D eigenvalue weighted by Gasteiger charge is 2.11. The summed E-state index contributed by atoms with van der Waals surface area (Å²) < 4.78 is 9.70. The number of hydrogen-bond acceptors (Lipinski definition) is 5. The Morgan fingerprint density at radius 3 is 2.80 bits per heavy atom. The zero-order valence-corrected chi connectivity index (χ0v) is 11.9. The van der Waals surface area contributed by atoms with Crippen LogP contribution in [-0.2, 0) is 14.3 Å². The number of amides is 1. The molecule has 20 heavy (non-hydrogen) atoms. The van der Waals surface area contributed by atoms with E-state index in [1.54, 1.807) is 7.11 Å². The van der Waals surface area contributed by atoms with Gasteiger partial charge in [-0.05, 0) is 24.6 Å². The number of nitrogen functional groups attached to an aromatic ring is 1. The number of rotatable bonds is 7. The first-order valence-electron chi connectivity index (χ1n) is 6.02. The zero-order valence-electron chi connectivity index (χ0n) is 11.1. The third kappa shape index (κ3) is 5.46. The molecule has 1 aromatic carbocycles. The Morgan fingerprint density at radius 1 is 1.40 bits per heavy atom. The molecule has 1 aromatic rings. The first-order chi connectivity index (χ1) is 9.54. The molecule has 0 atom stereocenters. The third-order valence-corrected chi connectivity index (χ3v) is 2.75. The minimum Gasteiger partial charge on any atom is -0.452 e. The summed E-state index contributed by atoms with van der Waals surface area (Å²) in [6, 6.07) is 4.39. The Hall–Kier alpha value is -1.79. The Balaban J connectivity index is 2.35. The van der Waals surface area contributed by atoms with Crippen LogP contribution < -0.4 is 11.1 Å². The summed E-state index contributed by atoms with van der Waals surface area (Å²) in [5, 5.41) is 2.87. The van der Waals surface area contributed by atoms with Gasteiger partial charge in [-0.25, -0.2) is 4.79 Å². The molecule has 0 saturated carbocycles. The van der Waals surface area contributed by atoms with Crippen LogP contribution in [-0.4, -0.2) is 38.7 Å². The second-order valence-corrected chi connectivity index (χ2v) is 4.42. The van der Waals surface area contributed by atoms with Crippen LogP contribution in [0.25, 0.3) is 0 Å². The van der Waals surface area contributed by atoms with Crippen molar-refractivity contribution < 1.29 is 19.1 Å². The molecule has 0 spiro atoms. The number of carbonyl (C=O) groups excluding carboxylic acids is 2. The van der Waals surface area contributed by atoms with E-state index in [4.69, 9.17) is 26.8 Å². The van der Waals surface area contributed by atoms with Crippen molar-refractivity contribution in [3.05, 3.63) is 28.8 Å². The van der Waals surface area contributed by atoms with E-state index >= 15 is 0 Å². The Morgan fingerprint density at radius 2 is 2.15 bits per heavy atom. The summed E-state index contributed by atoms with van der Waals surface area (Å²) in [5.41, 5.74) is 6.15. The Bertz CT molecular complexity index is 479. The maximum atomic E-state index is 11.7. The molecule has 0 bridgehead atoms. The number of esters is 1. The van der Waals surface area contributed by atoms with Gasteiger partial charge in [0.25, 0.3) is 5.91 Å². The Kier molecular flexibility index (Phi) is 6.83. The lowest BCUT2D eigenvalue weighted by atomic mass is 10.2. The molecule has 0 unspecified atom stereocenters. The second kappa shape index (κ2) is 8.39. The number of halogens is 1. The van der Waals surface area contributed by atoms with E-state index < -0.39 is 5.97 Å². The first-order valence-corrected chi connectivity index (χ1v) is 6.40. The maximum Gasteiger partial charge on any atom is 0.338 e. The van der Waals surface area contributed by atoms with Gasteiger partial charge in [-0.15, -0.1) is 0 Å². The average molecular weight is 301 g/mol. The van der Waals surface area contributed by atoms with Crippen LogP contribution in [0.3, 0.4) is 0 Å². The largest absolute Gasteiger partial charge is 0.452 e. The lowest BCUT2D eigenvalue weighted by Crippen LogP contribution is -2.30. The molecular formula is C13H17ClN2O4. The van der Waals surface area contributed by atoms with Crippen molar-refractivity contribution in [3.8, 4) is 0 Å². The van der Waals surface area contributed by atoms with Crippen molar-refractivity contribution in [3.63, 3.8) is 0 Å². The van der Waals surface area contributed by atoms with Gasteiger partial charge in [-0.2, -0.15) is 0 Å². The van der Waals surface area contributed by atoms with E-state index in [0.29, 0.717) is 25.3 Å². The summed E-state index contributed by atoms with van der Waals surface area (Å²) in [4.78, 5) is 23.1. The predicted molar refractivity (Wildman–Crippen MR) is 75.6 cm³/mol. The van der Waals surface area contributed by atoms with Gasteiger partial charge >= 0.3 is 5.97 Å². The SMILES string of the molecule is COCCCNC(=O)COC(=O)c1ccc(N)c(Cl)c1. The van der Waals surface area contributed by atoms with Crippen LogP contribution >= 0.6 is 11.6 Å². The van der Waals surface area contributed by atoms with Gasteiger partial charge in [0, 0.05) is 20.3 Å². The maximum absolute atomic E-state index is 11.7. The fourth-order valence-corrected chi connectivity index (χ4v) is 1.54. The molecule has 0 saturated heterocycles. The molecule has 0 aromatic heterocycles. The predicted octanol–water partition coefficient (Wildman–Crippen LogP) is 1.23. The van der Waals surface area contributed by atoms with E-state index in [0.717, 1.165) is 0 Å². The van der Waals surface area contributed by atoms with Crippen LogP contribution in [0.1, 0.15) is 16.8 Å². The van der Waals surface area contributed by atoms with Crippen LogP contribution in [0.15, 0.2) is 18.2 Å². The normalized spacial score (nSPS) is 10.1. The number of nitrogens with one attached hydrogen (secondary N) is 1. The highest BCUT2D eigenvalue weighted by Crippen LogP contribution is 2.19. The molecule has 0 fully saturated rings. The van der Waals surface area contributed by atoms with Crippen molar-refractivity contribution in [2.45, 2.75) is 6.42 Å². The summed E-state index contributed by atoms with van der Waals surface area (Å²) in [5.74, 6) is -0.991. The fourth-order valence-electron chi connectivity index (χ4n) is 1.36. The quantitative estimate of drug-likeness (QED) is 0.449. The second-order valence-electron chi connectivity index (χ2n) is 4.01. The number of methoxy groups -OCH3 is 1. The van der Waals surface area contributed by atoms with Crippen molar-refractivity contribution >= 4 is 29.2 Å². The van der Waals surface area contributed by atoms with Crippen molar-refractivity contribution in [1.82, 2.24) is 5.32 Å². The molecule has 0 aliphatic carbocycles. The Labute approximate surface area is 122 Å². The van der Waals surface area contributed by atoms with E-state index in [1.165, 1.54) is 18.2 Å². The molecule has 110 valence electrons.